The Morgan fingerprint density at radius 1 is 1.08 bits per heavy atom. The lowest BCUT2D eigenvalue weighted by Gasteiger charge is -2.27. The van der Waals surface area contributed by atoms with Crippen molar-refractivity contribution >= 4 is 44.7 Å². The van der Waals surface area contributed by atoms with Crippen molar-refractivity contribution in [3.05, 3.63) is 52.5 Å². The second-order valence-corrected chi connectivity index (χ2v) is 6.86. The highest BCUT2D eigenvalue weighted by Gasteiger charge is 2.31. The number of hydrogen-bond donors (Lipinski definition) is 2. The van der Waals surface area contributed by atoms with Gasteiger partial charge in [0.2, 0.25) is 0 Å². The van der Waals surface area contributed by atoms with Crippen LogP contribution in [0.15, 0.2) is 46.9 Å². The lowest BCUT2D eigenvalue weighted by atomic mass is 10.1. The second-order valence-electron chi connectivity index (χ2n) is 5.95. The summed E-state index contributed by atoms with van der Waals surface area (Å²) in [6.07, 6.45) is -4.02. The molecule has 0 aromatic heterocycles. The fraction of sp³-hybridized carbons (Fsp3) is 0.222. The number of alkyl halides is 3. The van der Waals surface area contributed by atoms with Gasteiger partial charge in [-0.3, -0.25) is 15.7 Å². The Bertz CT molecular complexity index is 862. The number of anilines is 3. The first-order valence-electron chi connectivity index (χ1n) is 7.85. The molecule has 1 heterocycles. The number of fused-ring (bicyclic) bond motifs is 1. The van der Waals surface area contributed by atoms with Gasteiger partial charge in [0, 0.05) is 23.1 Å². The summed E-state index contributed by atoms with van der Waals surface area (Å²) in [5, 5.41) is 16.3. The van der Waals surface area contributed by atoms with Gasteiger partial charge in [0.05, 0.1) is 16.9 Å². The van der Waals surface area contributed by atoms with Gasteiger partial charge in [0.1, 0.15) is 11.7 Å². The van der Waals surface area contributed by atoms with Crippen LogP contribution in [0.1, 0.15) is 18.9 Å². The zero-order valence-corrected chi connectivity index (χ0v) is 15.4. The number of amidine groups is 2. The molecule has 0 radical (unpaired) electrons. The molecular formula is C18H16BrF3N4. The van der Waals surface area contributed by atoms with Gasteiger partial charge in [-0.05, 0) is 49.4 Å². The van der Waals surface area contributed by atoms with Crippen molar-refractivity contribution in [2.45, 2.75) is 19.5 Å². The molecule has 0 amide bonds. The molecule has 0 saturated carbocycles. The van der Waals surface area contributed by atoms with Gasteiger partial charge in [-0.15, -0.1) is 0 Å². The smallest absolute Gasteiger partial charge is 0.339 e. The highest BCUT2D eigenvalue weighted by atomic mass is 79.9. The van der Waals surface area contributed by atoms with Crippen LogP contribution in [0.2, 0.25) is 0 Å². The summed E-state index contributed by atoms with van der Waals surface area (Å²) in [6.45, 7) is 2.03. The van der Waals surface area contributed by atoms with Crippen LogP contribution in [0.5, 0.6) is 0 Å². The molecule has 26 heavy (non-hydrogen) atoms. The minimum Gasteiger partial charge on any atom is -0.339 e. The number of halogens is 4. The van der Waals surface area contributed by atoms with Gasteiger partial charge >= 0.3 is 6.18 Å². The largest absolute Gasteiger partial charge is 0.416 e. The van der Waals surface area contributed by atoms with Crippen molar-refractivity contribution in [1.82, 2.24) is 0 Å². The first kappa shape index (κ1) is 18.4. The van der Waals surface area contributed by atoms with Crippen LogP contribution in [0.25, 0.3) is 0 Å². The predicted octanol–water partition coefficient (Wildman–Crippen LogP) is 5.79. The van der Waals surface area contributed by atoms with Crippen LogP contribution in [-0.2, 0) is 6.18 Å². The van der Waals surface area contributed by atoms with E-state index in [1.54, 1.807) is 17.9 Å². The van der Waals surface area contributed by atoms with Crippen LogP contribution in [0, 0.1) is 10.8 Å². The van der Waals surface area contributed by atoms with Crippen molar-refractivity contribution < 1.29 is 13.2 Å². The number of hydrogen-bond acceptors (Lipinski definition) is 3. The molecule has 0 fully saturated rings. The summed E-state index contributed by atoms with van der Waals surface area (Å²) in [7, 11) is 0. The van der Waals surface area contributed by atoms with Crippen molar-refractivity contribution in [1.29, 1.82) is 10.8 Å². The van der Waals surface area contributed by atoms with E-state index < -0.39 is 11.7 Å². The zero-order chi connectivity index (χ0) is 19.1. The van der Waals surface area contributed by atoms with E-state index in [0.717, 1.165) is 22.3 Å². The molecule has 0 atom stereocenters. The zero-order valence-electron chi connectivity index (χ0n) is 13.9. The average molecular weight is 425 g/mol. The van der Waals surface area contributed by atoms with Crippen molar-refractivity contribution in [3.63, 3.8) is 0 Å². The molecule has 0 bridgehead atoms. The van der Waals surface area contributed by atoms with Crippen LogP contribution < -0.4 is 9.80 Å². The van der Waals surface area contributed by atoms with E-state index in [-0.39, 0.29) is 11.7 Å². The lowest BCUT2D eigenvalue weighted by molar-refractivity contribution is -0.137. The summed E-state index contributed by atoms with van der Waals surface area (Å²) in [5.74, 6) is 0.489. The number of nitrogens with zero attached hydrogens (tertiary/aromatic N) is 2. The molecule has 0 aliphatic carbocycles. The van der Waals surface area contributed by atoms with E-state index in [9.17, 15) is 13.2 Å². The molecular weight excluding hydrogens is 409 g/mol. The van der Waals surface area contributed by atoms with E-state index in [1.807, 2.05) is 17.0 Å². The quantitative estimate of drug-likeness (QED) is 0.449. The normalized spacial score (nSPS) is 14.9. The molecule has 1 aliphatic rings. The maximum atomic E-state index is 12.8. The average Bonchev–Trinajstić information content (AvgIpc) is 2.70. The molecule has 2 aromatic carbocycles. The highest BCUT2D eigenvalue weighted by Crippen LogP contribution is 2.40. The third kappa shape index (κ3) is 3.46. The molecule has 2 N–H and O–H groups in total. The van der Waals surface area contributed by atoms with E-state index in [0.29, 0.717) is 24.3 Å². The summed E-state index contributed by atoms with van der Waals surface area (Å²) >= 11 is 3.42. The Morgan fingerprint density at radius 2 is 1.73 bits per heavy atom. The molecule has 3 rings (SSSR count). The van der Waals surface area contributed by atoms with Gasteiger partial charge in [0.25, 0.3) is 0 Å². The van der Waals surface area contributed by atoms with E-state index in [1.165, 1.54) is 12.1 Å². The Balaban J connectivity index is 2.10. The fourth-order valence-corrected chi connectivity index (χ4v) is 3.33. The summed E-state index contributed by atoms with van der Waals surface area (Å²) in [6, 6.07) is 10.5. The van der Waals surface area contributed by atoms with Gasteiger partial charge in [-0.2, -0.15) is 13.2 Å². The first-order chi connectivity index (χ1) is 12.2. The molecule has 136 valence electrons. The van der Waals surface area contributed by atoms with Crippen molar-refractivity contribution in [2.24, 2.45) is 0 Å². The van der Waals surface area contributed by atoms with Crippen LogP contribution in [-0.4, -0.2) is 18.2 Å². The monoisotopic (exact) mass is 424 g/mol. The Kier molecular flexibility index (Phi) is 4.79. The van der Waals surface area contributed by atoms with Crippen molar-refractivity contribution in [3.8, 4) is 0 Å². The van der Waals surface area contributed by atoms with Gasteiger partial charge < -0.3 is 4.90 Å². The topological polar surface area (TPSA) is 54.2 Å². The lowest BCUT2D eigenvalue weighted by Crippen LogP contribution is -2.33. The van der Waals surface area contributed by atoms with Gasteiger partial charge in [0.15, 0.2) is 0 Å². The maximum Gasteiger partial charge on any atom is 0.416 e. The van der Waals surface area contributed by atoms with E-state index in [4.69, 9.17) is 10.8 Å². The van der Waals surface area contributed by atoms with Gasteiger partial charge in [-0.25, -0.2) is 0 Å². The third-order valence-electron chi connectivity index (χ3n) is 4.15. The standard InChI is InChI=1S/C18H16BrF3N4/c1-11(23)26-15-7-4-13(19)10-16(15)25(9-8-17(26)24)14-5-2-12(3-6-14)18(20,21)22/h2-7,10,23-24H,8-9H2,1H3. The third-order valence-corrected chi connectivity index (χ3v) is 4.65. The van der Waals surface area contributed by atoms with Crippen molar-refractivity contribution in [2.75, 3.05) is 16.3 Å². The molecule has 0 saturated heterocycles. The summed E-state index contributed by atoms with van der Waals surface area (Å²) in [4.78, 5) is 3.42. The fourth-order valence-electron chi connectivity index (χ4n) is 2.98. The number of rotatable bonds is 1. The van der Waals surface area contributed by atoms with Crippen LogP contribution >= 0.6 is 15.9 Å². The Morgan fingerprint density at radius 3 is 2.31 bits per heavy atom. The predicted molar refractivity (Wildman–Crippen MR) is 101 cm³/mol. The summed E-state index contributed by atoms with van der Waals surface area (Å²) < 4.78 is 39.3. The van der Waals surface area contributed by atoms with E-state index in [2.05, 4.69) is 15.9 Å². The van der Waals surface area contributed by atoms with Crippen LogP contribution in [0.4, 0.5) is 30.2 Å². The minimum absolute atomic E-state index is 0.216. The molecule has 2 aromatic rings. The Labute approximate surface area is 157 Å². The van der Waals surface area contributed by atoms with E-state index >= 15 is 0 Å². The Hall–Kier alpha value is -2.35. The molecule has 0 spiro atoms. The molecule has 4 nitrogen and oxygen atoms in total. The summed E-state index contributed by atoms with van der Waals surface area (Å²) in [5.41, 5.74) is 1.29. The molecule has 0 unspecified atom stereocenters. The minimum atomic E-state index is -4.38. The molecule has 1 aliphatic heterocycles. The maximum absolute atomic E-state index is 12.8. The van der Waals surface area contributed by atoms with Crippen LogP contribution in [0.3, 0.4) is 0 Å². The van der Waals surface area contributed by atoms with Gasteiger partial charge in [-0.1, -0.05) is 15.9 Å². The highest BCUT2D eigenvalue weighted by molar-refractivity contribution is 9.10. The molecule has 8 heteroatoms. The number of nitrogens with one attached hydrogen (secondary N) is 2. The second kappa shape index (κ2) is 6.75. The SMILES string of the molecule is CC(=N)N1C(=N)CCN(c2ccc(C(F)(F)F)cc2)c2cc(Br)ccc21. The first-order valence-corrected chi connectivity index (χ1v) is 8.65. The number of benzene rings is 2.